The lowest BCUT2D eigenvalue weighted by atomic mass is 9.67. The maximum atomic E-state index is 13.3. The van der Waals surface area contributed by atoms with Crippen LogP contribution < -0.4 is 16.8 Å². The van der Waals surface area contributed by atoms with Crippen LogP contribution in [0.2, 0.25) is 0 Å². The number of rotatable bonds is 11. The number of aliphatic carboxylic acids is 1. The fourth-order valence-corrected chi connectivity index (χ4v) is 4.05. The number of amides is 1. The number of nitrogen functional groups attached to an aromatic ring is 1. The molecular weight excluding hydrogens is 490 g/mol. The van der Waals surface area contributed by atoms with Gasteiger partial charge in [-0.15, -0.1) is 0 Å². The number of nitrogens with one attached hydrogen (secondary N) is 1. The van der Waals surface area contributed by atoms with Crippen molar-refractivity contribution in [3.63, 3.8) is 0 Å². The molecule has 37 heavy (non-hydrogen) atoms. The van der Waals surface area contributed by atoms with Crippen LogP contribution in [-0.2, 0) is 11.3 Å². The summed E-state index contributed by atoms with van der Waals surface area (Å²) in [4.78, 5) is 30.5. The first-order chi connectivity index (χ1) is 17.4. The molecule has 1 fully saturated rings. The van der Waals surface area contributed by atoms with Crippen molar-refractivity contribution in [3.05, 3.63) is 64.0 Å². The Kier molecular flexibility index (Phi) is 12.4. The van der Waals surface area contributed by atoms with Crippen LogP contribution in [0.25, 0.3) is 0 Å². The highest BCUT2D eigenvalue weighted by Crippen LogP contribution is 2.43. The Bertz CT molecular complexity index is 1080. The summed E-state index contributed by atoms with van der Waals surface area (Å²) in [6.45, 7) is 14.5. The maximum Gasteiger partial charge on any atom is 0.339 e. The molecule has 1 saturated carbocycles. The Morgan fingerprint density at radius 2 is 1.95 bits per heavy atom. The van der Waals surface area contributed by atoms with E-state index in [2.05, 4.69) is 23.8 Å². The van der Waals surface area contributed by atoms with Gasteiger partial charge < -0.3 is 21.9 Å². The van der Waals surface area contributed by atoms with Crippen molar-refractivity contribution >= 4 is 35.0 Å². The Morgan fingerprint density at radius 1 is 1.32 bits per heavy atom. The molecule has 6 N–H and O–H groups in total. The van der Waals surface area contributed by atoms with Crippen molar-refractivity contribution in [2.75, 3.05) is 19.3 Å². The molecule has 0 heterocycles. The van der Waals surface area contributed by atoms with E-state index in [-0.39, 0.29) is 40.0 Å². The molecule has 0 saturated heterocycles. The van der Waals surface area contributed by atoms with E-state index >= 15 is 0 Å². The molecule has 204 valence electrons. The molecule has 1 aromatic rings. The van der Waals surface area contributed by atoms with Crippen molar-refractivity contribution in [1.82, 2.24) is 10.2 Å². The number of hydrogen-bond donors (Lipinski definition) is 4. The van der Waals surface area contributed by atoms with Crippen molar-refractivity contribution in [1.29, 1.82) is 0 Å². The summed E-state index contributed by atoms with van der Waals surface area (Å²) in [5, 5.41) is 13.0. The highest BCUT2D eigenvalue weighted by atomic mass is 35.5. The molecule has 1 aromatic carbocycles. The quantitative estimate of drug-likeness (QED) is 0.100. The van der Waals surface area contributed by atoms with Crippen LogP contribution in [0.1, 0.15) is 74.9 Å². The third-order valence-electron chi connectivity index (χ3n) is 6.67. The summed E-state index contributed by atoms with van der Waals surface area (Å²) in [5.41, 5.74) is 14.3. The van der Waals surface area contributed by atoms with E-state index in [0.717, 1.165) is 18.5 Å². The second-order valence-corrected chi connectivity index (χ2v) is 9.43. The zero-order chi connectivity index (χ0) is 28.3. The van der Waals surface area contributed by atoms with Gasteiger partial charge in [-0.05, 0) is 61.8 Å². The minimum atomic E-state index is -1.25. The Morgan fingerprint density at radius 3 is 2.43 bits per heavy atom. The first-order valence-corrected chi connectivity index (χ1v) is 13.0. The predicted molar refractivity (Wildman–Crippen MR) is 153 cm³/mol. The summed E-state index contributed by atoms with van der Waals surface area (Å²) in [6.07, 6.45) is 7.46. The Hall–Kier alpha value is -3.26. The van der Waals surface area contributed by atoms with E-state index in [1.54, 1.807) is 32.2 Å². The van der Waals surface area contributed by atoms with Crippen molar-refractivity contribution < 1.29 is 14.7 Å². The topological polar surface area (TPSA) is 134 Å². The minimum Gasteiger partial charge on any atom is -0.478 e. The number of halogens is 1. The highest BCUT2D eigenvalue weighted by molar-refractivity contribution is 6.32. The van der Waals surface area contributed by atoms with E-state index in [1.165, 1.54) is 30.2 Å². The molecule has 0 radical (unpaired) electrons. The normalized spacial score (nSPS) is 15.2. The van der Waals surface area contributed by atoms with Gasteiger partial charge in [0.2, 0.25) is 0 Å². The van der Waals surface area contributed by atoms with Gasteiger partial charge in [0, 0.05) is 24.3 Å². The molecule has 0 aliphatic heterocycles. The van der Waals surface area contributed by atoms with Crippen LogP contribution in [0.3, 0.4) is 0 Å². The van der Waals surface area contributed by atoms with Gasteiger partial charge in [0.15, 0.2) is 0 Å². The zero-order valence-corrected chi connectivity index (χ0v) is 23.7. The van der Waals surface area contributed by atoms with E-state index in [0.29, 0.717) is 16.9 Å². The van der Waals surface area contributed by atoms with Gasteiger partial charge in [-0.1, -0.05) is 57.5 Å². The van der Waals surface area contributed by atoms with E-state index < -0.39 is 5.97 Å². The lowest BCUT2D eigenvalue weighted by molar-refractivity contribution is -0.132. The van der Waals surface area contributed by atoms with Gasteiger partial charge >= 0.3 is 5.97 Å². The molecule has 8 nitrogen and oxygen atoms in total. The largest absolute Gasteiger partial charge is 0.478 e. The molecule has 1 aliphatic carbocycles. The van der Waals surface area contributed by atoms with Crippen LogP contribution in [0.15, 0.2) is 52.3 Å². The highest BCUT2D eigenvalue weighted by Gasteiger charge is 2.35. The van der Waals surface area contributed by atoms with Crippen LogP contribution in [-0.4, -0.2) is 41.3 Å². The van der Waals surface area contributed by atoms with Crippen molar-refractivity contribution in [2.45, 2.75) is 66.8 Å². The summed E-state index contributed by atoms with van der Waals surface area (Å²) < 4.78 is 0. The standard InChI is InChI=1S/C26H36ClN5O3.C2H6/c1-6-19(27)13-21(25(34)35)23(29)30-14-18-11-16(3)12-20(22(18)28)24(33)32(5)17(4)31-15-26(7-2)9-8-10-26;1-2/h6,11-13,31H,4,7-10,14-15,28H2,1-3,5H3,(H2,29,30)(H,34,35);1-2H3/b19-6+,21-13+;. The molecule has 0 aromatic heterocycles. The molecule has 9 heteroatoms. The summed E-state index contributed by atoms with van der Waals surface area (Å²) in [7, 11) is 1.66. The first-order valence-electron chi connectivity index (χ1n) is 12.6. The average molecular weight is 532 g/mol. The second kappa shape index (κ2) is 14.5. The molecule has 0 spiro atoms. The SMILES string of the molecule is C=C(NCC1(CC)CCC1)N(C)C(=O)c1cc(C)cc(CN=C(N)/C(=C\C(Cl)=C/C)C(=O)O)c1N.CC. The van der Waals surface area contributed by atoms with Crippen LogP contribution in [0, 0.1) is 12.3 Å². The van der Waals surface area contributed by atoms with Gasteiger partial charge in [-0.2, -0.15) is 0 Å². The van der Waals surface area contributed by atoms with E-state index in [9.17, 15) is 14.7 Å². The van der Waals surface area contributed by atoms with E-state index in [4.69, 9.17) is 23.1 Å². The number of carboxylic acids is 1. The number of aryl methyl sites for hydroxylation is 1. The average Bonchev–Trinajstić information content (AvgIpc) is 2.86. The monoisotopic (exact) mass is 531 g/mol. The third-order valence-corrected chi connectivity index (χ3v) is 6.99. The molecule has 2 rings (SSSR count). The maximum absolute atomic E-state index is 13.3. The predicted octanol–water partition coefficient (Wildman–Crippen LogP) is 5.33. The van der Waals surface area contributed by atoms with Gasteiger partial charge in [-0.25, -0.2) is 4.79 Å². The number of allylic oxidation sites excluding steroid dienone is 3. The summed E-state index contributed by atoms with van der Waals surface area (Å²) in [5.74, 6) is -1.23. The number of aliphatic imine (C=N–C) groups is 1. The molecule has 0 unspecified atom stereocenters. The minimum absolute atomic E-state index is 0.000361. The van der Waals surface area contributed by atoms with Gasteiger partial charge in [-0.3, -0.25) is 14.7 Å². The second-order valence-electron chi connectivity index (χ2n) is 8.99. The molecule has 0 bridgehead atoms. The lowest BCUT2D eigenvalue weighted by Crippen LogP contribution is -2.42. The third kappa shape index (κ3) is 8.39. The number of hydrogen-bond acceptors (Lipinski definition) is 5. The number of nitrogens with two attached hydrogens (primary N) is 2. The lowest BCUT2D eigenvalue weighted by Gasteiger charge is -2.42. The van der Waals surface area contributed by atoms with Crippen LogP contribution in [0.5, 0.6) is 0 Å². The molecule has 1 aliphatic rings. The fraction of sp³-hybridized carbons (Fsp3) is 0.464. The molecular formula is C28H42ClN5O3. The van der Waals surface area contributed by atoms with Gasteiger partial charge in [0.05, 0.1) is 12.1 Å². The molecule has 0 atom stereocenters. The zero-order valence-electron chi connectivity index (χ0n) is 22.9. The van der Waals surface area contributed by atoms with Crippen molar-refractivity contribution in [2.24, 2.45) is 16.1 Å². The fourth-order valence-electron chi connectivity index (χ4n) is 3.95. The summed E-state index contributed by atoms with van der Waals surface area (Å²) >= 11 is 5.93. The van der Waals surface area contributed by atoms with E-state index in [1.807, 2.05) is 20.8 Å². The number of carboxylic acid groups (broad SMARTS) is 1. The van der Waals surface area contributed by atoms with Gasteiger partial charge in [0.25, 0.3) is 5.91 Å². The smallest absolute Gasteiger partial charge is 0.339 e. The number of benzene rings is 1. The number of nitrogens with zero attached hydrogens (tertiary/aromatic N) is 2. The Balaban J connectivity index is 0.00000334. The number of carbonyl (C=O) groups is 2. The van der Waals surface area contributed by atoms with Gasteiger partial charge in [0.1, 0.15) is 17.2 Å². The molecule has 1 amide bonds. The summed E-state index contributed by atoms with van der Waals surface area (Å²) in [6, 6.07) is 3.51. The van der Waals surface area contributed by atoms with Crippen LogP contribution in [0.4, 0.5) is 5.69 Å². The number of anilines is 1. The number of amidine groups is 1. The Labute approximate surface area is 226 Å². The van der Waals surface area contributed by atoms with Crippen molar-refractivity contribution in [3.8, 4) is 0 Å². The van der Waals surface area contributed by atoms with Crippen LogP contribution >= 0.6 is 11.6 Å². The first kappa shape index (κ1) is 31.8. The number of carbonyl (C=O) groups excluding carboxylic acids is 1.